The van der Waals surface area contributed by atoms with Crippen LogP contribution in [-0.2, 0) is 4.79 Å². The Morgan fingerprint density at radius 3 is 2.52 bits per heavy atom. The summed E-state index contributed by atoms with van der Waals surface area (Å²) in [4.78, 5) is 15.9. The molecule has 25 heavy (non-hydrogen) atoms. The number of benzene rings is 1. The van der Waals surface area contributed by atoms with Gasteiger partial charge in [0.15, 0.2) is 0 Å². The summed E-state index contributed by atoms with van der Waals surface area (Å²) < 4.78 is 5.16. The number of hydrogen-bond acceptors (Lipinski definition) is 4. The summed E-state index contributed by atoms with van der Waals surface area (Å²) in [6, 6.07) is 7.83. The van der Waals surface area contributed by atoms with Crippen LogP contribution < -0.4 is 10.1 Å². The highest BCUT2D eigenvalue weighted by molar-refractivity contribution is 8.00. The fourth-order valence-corrected chi connectivity index (χ4v) is 4.44. The minimum absolute atomic E-state index is 0.0940. The lowest BCUT2D eigenvalue weighted by molar-refractivity contribution is -0.120. The molecule has 1 heterocycles. The molecule has 1 aliphatic rings. The number of hydrogen-bond donors (Lipinski definition) is 1. The van der Waals surface area contributed by atoms with E-state index < -0.39 is 0 Å². The number of nitrogens with zero attached hydrogens (tertiary/aromatic N) is 1. The van der Waals surface area contributed by atoms with Crippen molar-refractivity contribution >= 4 is 17.7 Å². The third-order valence-corrected chi connectivity index (χ3v) is 5.75. The van der Waals surface area contributed by atoms with Gasteiger partial charge < -0.3 is 15.0 Å². The third kappa shape index (κ3) is 6.90. The monoisotopic (exact) mass is 364 g/mol. The molecule has 3 atom stereocenters. The number of amides is 1. The summed E-state index contributed by atoms with van der Waals surface area (Å²) in [7, 11) is 1.66. The maximum Gasteiger partial charge on any atom is 0.233 e. The Hall–Kier alpha value is -1.20. The summed E-state index contributed by atoms with van der Waals surface area (Å²) >= 11 is 1.58. The Kier molecular flexibility index (Phi) is 8.10. The minimum Gasteiger partial charge on any atom is -0.497 e. The van der Waals surface area contributed by atoms with Gasteiger partial charge in [0.25, 0.3) is 0 Å². The minimum atomic E-state index is -0.0940. The lowest BCUT2D eigenvalue weighted by atomic mass is 9.92. The van der Waals surface area contributed by atoms with E-state index >= 15 is 0 Å². The van der Waals surface area contributed by atoms with Crippen molar-refractivity contribution < 1.29 is 9.53 Å². The van der Waals surface area contributed by atoms with Gasteiger partial charge in [-0.3, -0.25) is 4.79 Å². The molecular weight excluding hydrogens is 332 g/mol. The average molecular weight is 365 g/mol. The van der Waals surface area contributed by atoms with E-state index in [1.54, 1.807) is 18.9 Å². The van der Waals surface area contributed by atoms with Crippen LogP contribution in [0.1, 0.15) is 33.6 Å². The van der Waals surface area contributed by atoms with Gasteiger partial charge in [-0.05, 0) is 62.4 Å². The molecule has 0 bridgehead atoms. The molecule has 1 saturated heterocycles. The molecule has 1 N–H and O–H groups in total. The van der Waals surface area contributed by atoms with E-state index in [1.165, 1.54) is 19.5 Å². The normalized spacial score (nSPS) is 22.4. The van der Waals surface area contributed by atoms with Gasteiger partial charge in [0.1, 0.15) is 5.75 Å². The van der Waals surface area contributed by atoms with Crippen LogP contribution in [0.3, 0.4) is 0 Å². The summed E-state index contributed by atoms with van der Waals surface area (Å²) in [5.74, 6) is 2.53. The molecule has 140 valence electrons. The maximum atomic E-state index is 12.3. The number of ether oxygens (including phenoxy) is 1. The van der Waals surface area contributed by atoms with Crippen molar-refractivity contribution in [1.82, 2.24) is 10.2 Å². The third-order valence-electron chi connectivity index (χ3n) is 4.64. The average Bonchev–Trinajstić information content (AvgIpc) is 2.58. The van der Waals surface area contributed by atoms with Crippen LogP contribution in [0.25, 0.3) is 0 Å². The number of rotatable bonds is 8. The van der Waals surface area contributed by atoms with Gasteiger partial charge in [0, 0.05) is 24.5 Å². The zero-order valence-corrected chi connectivity index (χ0v) is 16.8. The number of piperidine rings is 1. The molecule has 1 amide bonds. The molecule has 0 spiro atoms. The molecule has 1 aliphatic heterocycles. The van der Waals surface area contributed by atoms with Crippen LogP contribution in [0.2, 0.25) is 0 Å². The second kappa shape index (κ2) is 10.1. The van der Waals surface area contributed by atoms with E-state index in [1.807, 2.05) is 31.2 Å². The molecule has 0 saturated carbocycles. The molecule has 4 nitrogen and oxygen atoms in total. The van der Waals surface area contributed by atoms with Crippen LogP contribution in [0.4, 0.5) is 0 Å². The Morgan fingerprint density at radius 1 is 1.28 bits per heavy atom. The van der Waals surface area contributed by atoms with Crippen LogP contribution >= 0.6 is 11.8 Å². The molecule has 2 rings (SSSR count). The molecule has 0 unspecified atom stereocenters. The maximum absolute atomic E-state index is 12.3. The molecule has 1 aromatic rings. The molecule has 1 fully saturated rings. The van der Waals surface area contributed by atoms with Crippen LogP contribution in [0.5, 0.6) is 5.75 Å². The Labute approximate surface area is 156 Å². The summed E-state index contributed by atoms with van der Waals surface area (Å²) in [6.45, 7) is 10.9. The van der Waals surface area contributed by atoms with E-state index in [4.69, 9.17) is 4.74 Å². The zero-order valence-electron chi connectivity index (χ0n) is 16.0. The van der Waals surface area contributed by atoms with Crippen molar-refractivity contribution in [3.05, 3.63) is 24.3 Å². The number of nitrogens with one attached hydrogen (secondary N) is 1. The Bertz CT molecular complexity index is 525. The first-order valence-corrected chi connectivity index (χ1v) is 10.2. The largest absolute Gasteiger partial charge is 0.497 e. The van der Waals surface area contributed by atoms with Crippen LogP contribution in [0, 0.1) is 11.8 Å². The SMILES string of the molecule is COc1ccc(S[C@H](C)C(=O)NCCCN2C[C@@H](C)C[C@H](C)C2)cc1. The number of carbonyl (C=O) groups is 1. The Balaban J connectivity index is 1.65. The van der Waals surface area contributed by atoms with E-state index in [2.05, 4.69) is 24.1 Å². The summed E-state index contributed by atoms with van der Waals surface area (Å²) in [5.41, 5.74) is 0. The molecule has 0 aliphatic carbocycles. The van der Waals surface area contributed by atoms with Crippen molar-refractivity contribution in [2.24, 2.45) is 11.8 Å². The number of likely N-dealkylation sites (tertiary alicyclic amines) is 1. The predicted octanol–water partition coefficient (Wildman–Crippen LogP) is 3.66. The first-order valence-electron chi connectivity index (χ1n) is 9.28. The topological polar surface area (TPSA) is 41.6 Å². The van der Waals surface area contributed by atoms with Crippen LogP contribution in [0.15, 0.2) is 29.2 Å². The van der Waals surface area contributed by atoms with Gasteiger partial charge in [0.05, 0.1) is 12.4 Å². The predicted molar refractivity (Wildman–Crippen MR) is 105 cm³/mol. The summed E-state index contributed by atoms with van der Waals surface area (Å²) in [5, 5.41) is 2.98. The zero-order chi connectivity index (χ0) is 18.2. The number of methoxy groups -OCH3 is 1. The molecular formula is C20H32N2O2S. The second-order valence-corrected chi connectivity index (χ2v) is 8.70. The van der Waals surface area contributed by atoms with Crippen molar-refractivity contribution in [2.45, 2.75) is 43.8 Å². The number of carbonyl (C=O) groups excluding carboxylic acids is 1. The first kappa shape index (κ1) is 20.1. The fourth-order valence-electron chi connectivity index (χ4n) is 3.54. The van der Waals surface area contributed by atoms with Gasteiger partial charge in [0.2, 0.25) is 5.91 Å². The highest BCUT2D eigenvalue weighted by Gasteiger charge is 2.21. The first-order chi connectivity index (χ1) is 12.0. The van der Waals surface area contributed by atoms with Gasteiger partial charge >= 0.3 is 0 Å². The van der Waals surface area contributed by atoms with Crippen molar-refractivity contribution in [2.75, 3.05) is 33.3 Å². The number of thioether (sulfide) groups is 1. The smallest absolute Gasteiger partial charge is 0.233 e. The van der Waals surface area contributed by atoms with E-state index in [-0.39, 0.29) is 11.2 Å². The lowest BCUT2D eigenvalue weighted by Crippen LogP contribution is -2.40. The van der Waals surface area contributed by atoms with Gasteiger partial charge in [-0.1, -0.05) is 13.8 Å². The van der Waals surface area contributed by atoms with Crippen LogP contribution in [-0.4, -0.2) is 49.3 Å². The standard InChI is InChI=1S/C20H32N2O2S/c1-15-12-16(2)14-22(13-15)11-5-10-21-20(23)17(3)25-19-8-6-18(24-4)7-9-19/h6-9,15-17H,5,10-14H2,1-4H3,(H,21,23)/t15-,16-,17+/m0/s1. The van der Waals surface area contributed by atoms with Crippen molar-refractivity contribution in [3.63, 3.8) is 0 Å². The van der Waals surface area contributed by atoms with Gasteiger partial charge in [-0.2, -0.15) is 0 Å². The van der Waals surface area contributed by atoms with Crippen molar-refractivity contribution in [3.8, 4) is 5.75 Å². The van der Waals surface area contributed by atoms with E-state index in [0.717, 1.165) is 42.0 Å². The van der Waals surface area contributed by atoms with Gasteiger partial charge in [-0.15, -0.1) is 11.8 Å². The quantitative estimate of drug-likeness (QED) is 0.565. The van der Waals surface area contributed by atoms with E-state index in [0.29, 0.717) is 0 Å². The molecule has 1 aromatic carbocycles. The van der Waals surface area contributed by atoms with Crippen molar-refractivity contribution in [1.29, 1.82) is 0 Å². The molecule has 0 aromatic heterocycles. The lowest BCUT2D eigenvalue weighted by Gasteiger charge is -2.34. The summed E-state index contributed by atoms with van der Waals surface area (Å²) in [6.07, 6.45) is 2.36. The highest BCUT2D eigenvalue weighted by atomic mass is 32.2. The molecule has 0 radical (unpaired) electrons. The second-order valence-electron chi connectivity index (χ2n) is 7.29. The molecule has 5 heteroatoms. The Morgan fingerprint density at radius 2 is 1.92 bits per heavy atom. The van der Waals surface area contributed by atoms with Gasteiger partial charge in [-0.25, -0.2) is 0 Å². The fraction of sp³-hybridized carbons (Fsp3) is 0.650. The van der Waals surface area contributed by atoms with E-state index in [9.17, 15) is 4.79 Å². The highest BCUT2D eigenvalue weighted by Crippen LogP contribution is 2.25.